The molecule has 9 nitrogen and oxygen atoms in total. The summed E-state index contributed by atoms with van der Waals surface area (Å²) in [7, 11) is -4.03. The highest BCUT2D eigenvalue weighted by Crippen LogP contribution is 2.25. The fourth-order valence-electron chi connectivity index (χ4n) is 1.17. The van der Waals surface area contributed by atoms with Gasteiger partial charge in [-0.05, 0) is 12.1 Å². The van der Waals surface area contributed by atoms with E-state index in [0.29, 0.717) is 11.3 Å². The number of nitrogens with zero attached hydrogens (tertiary/aromatic N) is 3. The van der Waals surface area contributed by atoms with Crippen molar-refractivity contribution in [2.75, 3.05) is 10.0 Å². The standard InChI is InChI=1S/C9H9N5O4S2/c1-5(15)11-8-12-13-9(19-8)20(17,18)14-7-6(16)3-2-4-10-7/h2-4,16H,1H3,(H,10,14)(H,11,12,15). The van der Waals surface area contributed by atoms with Crippen LogP contribution in [0.25, 0.3) is 0 Å². The van der Waals surface area contributed by atoms with E-state index < -0.39 is 10.0 Å². The Balaban J connectivity index is 2.25. The highest BCUT2D eigenvalue weighted by atomic mass is 32.2. The van der Waals surface area contributed by atoms with Gasteiger partial charge in [0.05, 0.1) is 0 Å². The smallest absolute Gasteiger partial charge is 0.292 e. The Hall–Kier alpha value is -2.27. The maximum atomic E-state index is 12.0. The average molecular weight is 315 g/mol. The largest absolute Gasteiger partial charge is 0.504 e. The summed E-state index contributed by atoms with van der Waals surface area (Å²) in [5, 5.41) is 18.8. The first-order valence-electron chi connectivity index (χ1n) is 5.16. The van der Waals surface area contributed by atoms with Crippen LogP contribution in [0.3, 0.4) is 0 Å². The molecule has 2 aromatic heterocycles. The summed E-state index contributed by atoms with van der Waals surface area (Å²) in [4.78, 5) is 14.5. The molecule has 0 fully saturated rings. The molecule has 0 aliphatic rings. The second-order valence-corrected chi connectivity index (χ2v) is 6.36. The Bertz CT molecular complexity index is 742. The highest BCUT2D eigenvalue weighted by Gasteiger charge is 2.22. The fraction of sp³-hybridized carbons (Fsp3) is 0.111. The van der Waals surface area contributed by atoms with E-state index >= 15 is 0 Å². The molecular formula is C9H9N5O4S2. The monoisotopic (exact) mass is 315 g/mol. The summed E-state index contributed by atoms with van der Waals surface area (Å²) in [6, 6.07) is 2.74. The van der Waals surface area contributed by atoms with Crippen LogP contribution >= 0.6 is 11.3 Å². The van der Waals surface area contributed by atoms with Gasteiger partial charge in [-0.15, -0.1) is 10.2 Å². The molecule has 0 bridgehead atoms. The Morgan fingerprint density at radius 2 is 2.15 bits per heavy atom. The lowest BCUT2D eigenvalue weighted by Crippen LogP contribution is -2.13. The number of sulfonamides is 1. The van der Waals surface area contributed by atoms with Crippen molar-refractivity contribution in [2.45, 2.75) is 11.3 Å². The van der Waals surface area contributed by atoms with Crippen LogP contribution in [0.1, 0.15) is 6.92 Å². The number of nitrogens with one attached hydrogen (secondary N) is 2. The van der Waals surface area contributed by atoms with Crippen LogP contribution in [0.2, 0.25) is 0 Å². The topological polar surface area (TPSA) is 134 Å². The van der Waals surface area contributed by atoms with Crippen LogP contribution < -0.4 is 10.0 Å². The normalized spacial score (nSPS) is 11.1. The van der Waals surface area contributed by atoms with Gasteiger partial charge in [0.15, 0.2) is 11.6 Å². The van der Waals surface area contributed by atoms with E-state index in [4.69, 9.17) is 0 Å². The second-order valence-electron chi connectivity index (χ2n) is 3.53. The van der Waals surface area contributed by atoms with Crippen molar-refractivity contribution in [3.63, 3.8) is 0 Å². The molecule has 2 heterocycles. The molecule has 0 spiro atoms. The minimum absolute atomic E-state index is 0.0584. The van der Waals surface area contributed by atoms with Gasteiger partial charge in [-0.2, -0.15) is 8.42 Å². The Morgan fingerprint density at radius 3 is 2.80 bits per heavy atom. The molecule has 0 unspecified atom stereocenters. The van der Waals surface area contributed by atoms with Gasteiger partial charge in [0, 0.05) is 13.1 Å². The van der Waals surface area contributed by atoms with Crippen molar-refractivity contribution >= 4 is 38.2 Å². The minimum atomic E-state index is -4.03. The fourth-order valence-corrected chi connectivity index (χ4v) is 3.14. The molecule has 106 valence electrons. The molecule has 1 amide bonds. The molecule has 3 N–H and O–H groups in total. The van der Waals surface area contributed by atoms with Crippen LogP contribution in [0.15, 0.2) is 22.7 Å². The third-order valence-electron chi connectivity index (χ3n) is 1.94. The van der Waals surface area contributed by atoms with E-state index in [-0.39, 0.29) is 26.9 Å². The Morgan fingerprint density at radius 1 is 1.40 bits per heavy atom. The number of carbonyl (C=O) groups is 1. The molecule has 0 saturated carbocycles. The predicted octanol–water partition coefficient (Wildman–Crippen LogP) is 0.398. The summed E-state index contributed by atoms with van der Waals surface area (Å²) in [5.41, 5.74) is 0. The molecule has 0 radical (unpaired) electrons. The van der Waals surface area contributed by atoms with Crippen LogP contribution in [0.5, 0.6) is 5.75 Å². The third kappa shape index (κ3) is 3.19. The number of amides is 1. The van der Waals surface area contributed by atoms with Crippen LogP contribution in [-0.4, -0.2) is 34.6 Å². The minimum Gasteiger partial charge on any atom is -0.504 e. The average Bonchev–Trinajstić information content (AvgIpc) is 2.80. The van der Waals surface area contributed by atoms with E-state index in [1.807, 2.05) is 0 Å². The summed E-state index contributed by atoms with van der Waals surface area (Å²) >= 11 is 0.679. The summed E-state index contributed by atoms with van der Waals surface area (Å²) in [6.45, 7) is 1.26. The number of aromatic hydroxyl groups is 1. The molecule has 0 aliphatic heterocycles. The van der Waals surface area contributed by atoms with Crippen LogP contribution in [0, 0.1) is 0 Å². The first-order valence-corrected chi connectivity index (χ1v) is 7.46. The maximum absolute atomic E-state index is 12.0. The first-order chi connectivity index (χ1) is 9.38. The van der Waals surface area contributed by atoms with E-state index in [2.05, 4.69) is 25.2 Å². The van der Waals surface area contributed by atoms with Gasteiger partial charge in [0.1, 0.15) is 0 Å². The number of aromatic nitrogens is 3. The van der Waals surface area contributed by atoms with Crippen LogP contribution in [-0.2, 0) is 14.8 Å². The quantitative estimate of drug-likeness (QED) is 0.695. The number of carbonyl (C=O) groups excluding carboxylic acids is 1. The predicted molar refractivity (Wildman–Crippen MR) is 70.9 cm³/mol. The van der Waals surface area contributed by atoms with Crippen molar-refractivity contribution in [1.82, 2.24) is 15.2 Å². The van der Waals surface area contributed by atoms with Gasteiger partial charge < -0.3 is 10.4 Å². The number of hydrogen-bond acceptors (Lipinski definition) is 8. The molecule has 2 rings (SSSR count). The van der Waals surface area contributed by atoms with Crippen molar-refractivity contribution in [3.05, 3.63) is 18.3 Å². The van der Waals surface area contributed by atoms with Gasteiger partial charge in [0.25, 0.3) is 14.4 Å². The van der Waals surface area contributed by atoms with E-state index in [0.717, 1.165) is 0 Å². The maximum Gasteiger partial charge on any atom is 0.292 e. The van der Waals surface area contributed by atoms with E-state index in [1.54, 1.807) is 0 Å². The van der Waals surface area contributed by atoms with Gasteiger partial charge >= 0.3 is 0 Å². The van der Waals surface area contributed by atoms with Gasteiger partial charge in [-0.25, -0.2) is 4.98 Å². The third-order valence-corrected chi connectivity index (χ3v) is 4.48. The summed E-state index contributed by atoms with van der Waals surface area (Å²) < 4.78 is 25.7. The lowest BCUT2D eigenvalue weighted by Gasteiger charge is -2.04. The van der Waals surface area contributed by atoms with Crippen molar-refractivity contribution in [3.8, 4) is 5.75 Å². The summed E-state index contributed by atoms with van der Waals surface area (Å²) in [6.07, 6.45) is 1.32. The number of pyridine rings is 1. The molecule has 11 heteroatoms. The SMILES string of the molecule is CC(=O)Nc1nnc(S(=O)(=O)Nc2ncccc2O)s1. The summed E-state index contributed by atoms with van der Waals surface area (Å²) in [5.74, 6) is -0.924. The molecule has 0 aliphatic carbocycles. The van der Waals surface area contributed by atoms with Gasteiger partial charge in [-0.1, -0.05) is 11.3 Å². The van der Waals surface area contributed by atoms with Crippen molar-refractivity contribution in [2.24, 2.45) is 0 Å². The molecular weight excluding hydrogens is 306 g/mol. The lowest BCUT2D eigenvalue weighted by molar-refractivity contribution is -0.114. The van der Waals surface area contributed by atoms with E-state index in [1.165, 1.54) is 25.3 Å². The Labute approximate surface area is 117 Å². The molecule has 0 atom stereocenters. The molecule has 0 aromatic carbocycles. The lowest BCUT2D eigenvalue weighted by atomic mass is 10.4. The number of anilines is 2. The molecule has 2 aromatic rings. The highest BCUT2D eigenvalue weighted by molar-refractivity contribution is 7.94. The van der Waals surface area contributed by atoms with Gasteiger partial charge in [0.2, 0.25) is 11.0 Å². The molecule has 20 heavy (non-hydrogen) atoms. The molecule has 0 saturated heterocycles. The first kappa shape index (κ1) is 14.1. The zero-order chi connectivity index (χ0) is 14.8. The van der Waals surface area contributed by atoms with Gasteiger partial charge in [-0.3, -0.25) is 9.52 Å². The zero-order valence-electron chi connectivity index (χ0n) is 10.1. The van der Waals surface area contributed by atoms with Crippen molar-refractivity contribution < 1.29 is 18.3 Å². The van der Waals surface area contributed by atoms with Crippen molar-refractivity contribution in [1.29, 1.82) is 0 Å². The number of rotatable bonds is 4. The Kier molecular flexibility index (Phi) is 3.81. The zero-order valence-corrected chi connectivity index (χ0v) is 11.7. The van der Waals surface area contributed by atoms with E-state index in [9.17, 15) is 18.3 Å². The second kappa shape index (κ2) is 5.38. The van der Waals surface area contributed by atoms with Crippen LogP contribution in [0.4, 0.5) is 10.9 Å². The number of hydrogen-bond donors (Lipinski definition) is 3.